The molecule has 2 aromatic rings. The second-order valence-corrected chi connectivity index (χ2v) is 8.32. The molecule has 8 heteroatoms. The lowest BCUT2D eigenvalue weighted by atomic mass is 10.1. The highest BCUT2D eigenvalue weighted by Crippen LogP contribution is 2.34. The molecule has 1 aromatic carbocycles. The molecule has 0 aliphatic carbocycles. The number of carbonyl (C=O) groups excluding carboxylic acids is 2. The van der Waals surface area contributed by atoms with Crippen LogP contribution in [-0.4, -0.2) is 44.7 Å². The van der Waals surface area contributed by atoms with Crippen molar-refractivity contribution in [3.63, 3.8) is 0 Å². The minimum atomic E-state index is -0.347. The summed E-state index contributed by atoms with van der Waals surface area (Å²) in [5, 5.41) is 8.06. The number of para-hydroxylation sites is 1. The first kappa shape index (κ1) is 18.0. The van der Waals surface area contributed by atoms with Gasteiger partial charge in [-0.05, 0) is 38.3 Å². The predicted molar refractivity (Wildman–Crippen MR) is 101 cm³/mol. The van der Waals surface area contributed by atoms with E-state index in [1.807, 2.05) is 30.0 Å². The van der Waals surface area contributed by atoms with Crippen LogP contribution in [0.1, 0.15) is 38.1 Å². The van der Waals surface area contributed by atoms with Crippen molar-refractivity contribution in [2.75, 3.05) is 11.4 Å². The van der Waals surface area contributed by atoms with Gasteiger partial charge in [-0.2, -0.15) is 0 Å². The zero-order valence-corrected chi connectivity index (χ0v) is 16.2. The Morgan fingerprint density at radius 3 is 2.96 bits per heavy atom. The van der Waals surface area contributed by atoms with E-state index in [0.717, 1.165) is 25.1 Å². The number of thioether (sulfide) groups is 1. The Morgan fingerprint density at radius 2 is 2.19 bits per heavy atom. The molecule has 4 rings (SSSR count). The van der Waals surface area contributed by atoms with Gasteiger partial charge < -0.3 is 14.2 Å². The molecule has 1 fully saturated rings. The number of rotatable bonds is 5. The molecule has 142 valence electrons. The first-order valence-electron chi connectivity index (χ1n) is 9.20. The van der Waals surface area contributed by atoms with Gasteiger partial charge in [0, 0.05) is 24.7 Å². The summed E-state index contributed by atoms with van der Waals surface area (Å²) in [6.45, 7) is 4.98. The van der Waals surface area contributed by atoms with Crippen molar-refractivity contribution < 1.29 is 14.0 Å². The Labute approximate surface area is 162 Å². The third kappa shape index (κ3) is 3.58. The number of aromatic nitrogens is 2. The third-order valence-electron chi connectivity index (χ3n) is 5.02. The third-order valence-corrected chi connectivity index (χ3v) is 5.94. The maximum Gasteiger partial charge on any atom is 0.277 e. The van der Waals surface area contributed by atoms with Gasteiger partial charge in [-0.15, -0.1) is 10.2 Å². The lowest BCUT2D eigenvalue weighted by molar-refractivity contribution is -0.128. The highest BCUT2D eigenvalue weighted by molar-refractivity contribution is 8.00. The molecule has 1 saturated heterocycles. The summed E-state index contributed by atoms with van der Waals surface area (Å²) >= 11 is 1.26. The molecule has 2 unspecified atom stereocenters. The topological polar surface area (TPSA) is 79.5 Å². The molecular formula is C19H22N4O3S. The van der Waals surface area contributed by atoms with Crippen LogP contribution >= 0.6 is 11.8 Å². The van der Waals surface area contributed by atoms with Gasteiger partial charge in [0.25, 0.3) is 5.22 Å². The van der Waals surface area contributed by atoms with Crippen molar-refractivity contribution in [3.05, 3.63) is 35.7 Å². The average molecular weight is 386 g/mol. The summed E-state index contributed by atoms with van der Waals surface area (Å²) in [7, 11) is 0. The van der Waals surface area contributed by atoms with Crippen LogP contribution < -0.4 is 4.90 Å². The molecule has 1 aromatic heterocycles. The quantitative estimate of drug-likeness (QED) is 0.735. The summed E-state index contributed by atoms with van der Waals surface area (Å²) < 4.78 is 5.65. The van der Waals surface area contributed by atoms with Crippen LogP contribution in [0.3, 0.4) is 0 Å². The van der Waals surface area contributed by atoms with E-state index in [4.69, 9.17) is 4.42 Å². The fraction of sp³-hybridized carbons (Fsp3) is 0.474. The number of fused-ring (bicyclic) bond motifs is 1. The second kappa shape index (κ2) is 7.34. The van der Waals surface area contributed by atoms with Crippen molar-refractivity contribution in [2.45, 2.75) is 56.2 Å². The Kier molecular flexibility index (Phi) is 4.90. The van der Waals surface area contributed by atoms with Gasteiger partial charge in [-0.1, -0.05) is 30.0 Å². The van der Waals surface area contributed by atoms with Crippen molar-refractivity contribution in [3.8, 4) is 0 Å². The van der Waals surface area contributed by atoms with Gasteiger partial charge in [0.2, 0.25) is 17.7 Å². The van der Waals surface area contributed by atoms with Crippen molar-refractivity contribution in [1.29, 1.82) is 0 Å². The van der Waals surface area contributed by atoms with Gasteiger partial charge in [-0.25, -0.2) is 0 Å². The smallest absolute Gasteiger partial charge is 0.277 e. The molecule has 2 aliphatic heterocycles. The summed E-state index contributed by atoms with van der Waals surface area (Å²) in [4.78, 5) is 28.3. The van der Waals surface area contributed by atoms with Gasteiger partial charge in [0.05, 0.1) is 11.8 Å². The van der Waals surface area contributed by atoms with Gasteiger partial charge in [0.15, 0.2) is 0 Å². The van der Waals surface area contributed by atoms with E-state index >= 15 is 0 Å². The molecule has 3 heterocycles. The van der Waals surface area contributed by atoms with Crippen LogP contribution in [0.15, 0.2) is 33.9 Å². The van der Waals surface area contributed by atoms with Crippen LogP contribution in [0.5, 0.6) is 0 Å². The van der Waals surface area contributed by atoms with Gasteiger partial charge in [-0.3, -0.25) is 9.59 Å². The normalized spacial score (nSPS) is 20.2. The Morgan fingerprint density at radius 1 is 1.37 bits per heavy atom. The zero-order valence-electron chi connectivity index (χ0n) is 15.4. The molecule has 0 bridgehead atoms. The second-order valence-electron chi connectivity index (χ2n) is 7.03. The zero-order chi connectivity index (χ0) is 19.0. The number of anilines is 1. The lowest BCUT2D eigenvalue weighted by Crippen LogP contribution is -2.40. The SMILES string of the molecule is CC(Sc1nnc(CN2CCCC2=O)o1)C(=O)N1c2ccccc2CC1C. The van der Waals surface area contributed by atoms with Crippen LogP contribution in [0, 0.1) is 0 Å². The molecular weight excluding hydrogens is 364 g/mol. The number of hydrogen-bond acceptors (Lipinski definition) is 6. The summed E-state index contributed by atoms with van der Waals surface area (Å²) in [6.07, 6.45) is 2.32. The summed E-state index contributed by atoms with van der Waals surface area (Å²) in [5.74, 6) is 0.562. The largest absolute Gasteiger partial charge is 0.414 e. The standard InChI is InChI=1S/C19H22N4O3S/c1-12-10-14-6-3-4-7-15(14)23(12)18(25)13(2)27-19-21-20-16(26-19)11-22-9-5-8-17(22)24/h3-4,6-7,12-13H,5,8-11H2,1-2H3. The summed E-state index contributed by atoms with van der Waals surface area (Å²) in [5.41, 5.74) is 2.19. The van der Waals surface area contributed by atoms with Crippen LogP contribution in [0.25, 0.3) is 0 Å². The van der Waals surface area contributed by atoms with Gasteiger partial charge in [0.1, 0.15) is 0 Å². The van der Waals surface area contributed by atoms with E-state index in [9.17, 15) is 9.59 Å². The van der Waals surface area contributed by atoms with Crippen molar-refractivity contribution in [1.82, 2.24) is 15.1 Å². The monoisotopic (exact) mass is 386 g/mol. The molecule has 0 spiro atoms. The summed E-state index contributed by atoms with van der Waals surface area (Å²) in [6, 6.07) is 8.16. The average Bonchev–Trinajstić information content (AvgIpc) is 3.34. The van der Waals surface area contributed by atoms with Crippen molar-refractivity contribution in [2.24, 2.45) is 0 Å². The highest BCUT2D eigenvalue weighted by atomic mass is 32.2. The Balaban J connectivity index is 1.41. The number of benzene rings is 1. The van der Waals surface area contributed by atoms with Crippen LogP contribution in [-0.2, 0) is 22.6 Å². The fourth-order valence-corrected chi connectivity index (χ4v) is 4.43. The molecule has 2 aliphatic rings. The van der Waals surface area contributed by atoms with E-state index in [-0.39, 0.29) is 23.1 Å². The molecule has 0 N–H and O–H groups in total. The Bertz CT molecular complexity index is 868. The maximum atomic E-state index is 13.0. The first-order chi connectivity index (χ1) is 13.0. The van der Waals surface area contributed by atoms with E-state index in [2.05, 4.69) is 23.2 Å². The molecule has 27 heavy (non-hydrogen) atoms. The molecule has 2 amide bonds. The lowest BCUT2D eigenvalue weighted by Gasteiger charge is -2.25. The van der Waals surface area contributed by atoms with E-state index in [1.165, 1.54) is 17.3 Å². The Hall–Kier alpha value is -2.35. The molecule has 7 nitrogen and oxygen atoms in total. The molecule has 0 saturated carbocycles. The van der Waals surface area contributed by atoms with E-state index in [1.54, 1.807) is 4.90 Å². The van der Waals surface area contributed by atoms with Gasteiger partial charge >= 0.3 is 0 Å². The van der Waals surface area contributed by atoms with Crippen molar-refractivity contribution >= 4 is 29.3 Å². The predicted octanol–water partition coefficient (Wildman–Crippen LogP) is 2.65. The number of hydrogen-bond donors (Lipinski definition) is 0. The first-order valence-corrected chi connectivity index (χ1v) is 10.1. The van der Waals surface area contributed by atoms with E-state index < -0.39 is 0 Å². The molecule has 2 atom stereocenters. The van der Waals surface area contributed by atoms with Crippen LogP contribution in [0.2, 0.25) is 0 Å². The number of carbonyl (C=O) groups is 2. The minimum absolute atomic E-state index is 0.0342. The molecule has 0 radical (unpaired) electrons. The number of nitrogens with zero attached hydrogens (tertiary/aromatic N) is 4. The van der Waals surface area contributed by atoms with Crippen LogP contribution in [0.4, 0.5) is 5.69 Å². The number of likely N-dealkylation sites (tertiary alicyclic amines) is 1. The maximum absolute atomic E-state index is 13.0. The van der Waals surface area contributed by atoms with E-state index in [0.29, 0.717) is 24.1 Å². The number of amides is 2. The highest BCUT2D eigenvalue weighted by Gasteiger charge is 2.34. The fourth-order valence-electron chi connectivity index (χ4n) is 3.68. The minimum Gasteiger partial charge on any atom is -0.414 e.